The summed E-state index contributed by atoms with van der Waals surface area (Å²) in [4.78, 5) is 11.1. The Kier molecular flexibility index (Phi) is 4.17. The summed E-state index contributed by atoms with van der Waals surface area (Å²) in [5.74, 6) is 5.62. The summed E-state index contributed by atoms with van der Waals surface area (Å²) >= 11 is 5.85. The van der Waals surface area contributed by atoms with E-state index in [1.54, 1.807) is 18.2 Å². The number of nitrogens with one attached hydrogen (secondary N) is 1. The van der Waals surface area contributed by atoms with Gasteiger partial charge in [-0.05, 0) is 30.3 Å². The number of aromatic carboxylic acids is 1. The second kappa shape index (κ2) is 6.42. The Bertz CT molecular complexity index is 917. The highest BCUT2D eigenvalue weighted by molar-refractivity contribution is 6.33. The fourth-order valence-electron chi connectivity index (χ4n) is 1.90. The number of rotatable bonds is 5. The molecule has 3 rings (SSSR count). The molecule has 0 aliphatic rings. The predicted molar refractivity (Wildman–Crippen MR) is 87.5 cm³/mol. The van der Waals surface area contributed by atoms with E-state index in [0.717, 1.165) is 0 Å². The minimum absolute atomic E-state index is 0.00438. The minimum atomic E-state index is -1.11. The van der Waals surface area contributed by atoms with Gasteiger partial charge in [0.25, 0.3) is 5.95 Å². The third kappa shape index (κ3) is 3.20. The quantitative estimate of drug-likeness (QED) is 0.366. The number of benzene rings is 1. The van der Waals surface area contributed by atoms with Crippen molar-refractivity contribution in [2.75, 3.05) is 11.3 Å². The number of nitrogens with two attached hydrogens (primary N) is 1. The van der Waals surface area contributed by atoms with Crippen LogP contribution >= 0.6 is 11.6 Å². The summed E-state index contributed by atoms with van der Waals surface area (Å²) in [5.41, 5.74) is 3.19. The fraction of sp³-hybridized carbons (Fsp3) is 0. The Labute approximate surface area is 140 Å². The Morgan fingerprint density at radius 2 is 2.25 bits per heavy atom. The number of nitrogens with zero attached hydrogens (tertiary/aromatic N) is 4. The minimum Gasteiger partial charge on any atom is -0.478 e. The molecule has 24 heavy (non-hydrogen) atoms. The first-order valence-electron chi connectivity index (χ1n) is 6.62. The van der Waals surface area contributed by atoms with Crippen molar-refractivity contribution in [3.8, 4) is 11.3 Å². The van der Waals surface area contributed by atoms with Crippen molar-refractivity contribution in [3.05, 3.63) is 53.0 Å². The summed E-state index contributed by atoms with van der Waals surface area (Å²) in [6.07, 6.45) is 2.75. The third-order valence-electron chi connectivity index (χ3n) is 3.04. The number of hydrazone groups is 1. The molecule has 4 N–H and O–H groups in total. The van der Waals surface area contributed by atoms with Gasteiger partial charge in [-0.2, -0.15) is 5.10 Å². The molecule has 2 aromatic heterocycles. The molecular formula is C14H11ClN6O3. The number of hydrogen-bond acceptors (Lipinski definition) is 7. The van der Waals surface area contributed by atoms with E-state index in [2.05, 4.69) is 20.7 Å². The number of hydrogen-bond donors (Lipinski definition) is 3. The molecule has 0 amide bonds. The van der Waals surface area contributed by atoms with E-state index in [4.69, 9.17) is 27.0 Å². The average molecular weight is 347 g/mol. The van der Waals surface area contributed by atoms with Crippen molar-refractivity contribution in [3.63, 3.8) is 0 Å². The summed E-state index contributed by atoms with van der Waals surface area (Å²) in [6.45, 7) is 0. The lowest BCUT2D eigenvalue weighted by Crippen LogP contribution is -2.10. The molecule has 0 spiro atoms. The maximum Gasteiger partial charge on any atom is 0.337 e. The zero-order chi connectivity index (χ0) is 17.1. The highest BCUT2D eigenvalue weighted by Crippen LogP contribution is 2.26. The van der Waals surface area contributed by atoms with Gasteiger partial charge in [0.05, 0.1) is 16.8 Å². The first-order chi connectivity index (χ1) is 11.5. The summed E-state index contributed by atoms with van der Waals surface area (Å²) in [5, 5.41) is 20.5. The number of carbonyl (C=O) groups is 1. The smallest absolute Gasteiger partial charge is 0.337 e. The van der Waals surface area contributed by atoms with Crippen LogP contribution in [0.3, 0.4) is 0 Å². The lowest BCUT2D eigenvalue weighted by Gasteiger charge is -2.01. The number of halogens is 1. The maximum atomic E-state index is 11.1. The molecule has 0 atom stereocenters. The van der Waals surface area contributed by atoms with Crippen LogP contribution in [0.1, 0.15) is 16.1 Å². The molecule has 0 radical (unpaired) electrons. The number of anilines is 1. The molecular weight excluding hydrogens is 336 g/mol. The highest BCUT2D eigenvalue weighted by atomic mass is 35.5. The number of carboxylic acid groups (broad SMARTS) is 1. The summed E-state index contributed by atoms with van der Waals surface area (Å²) in [7, 11) is 0. The van der Waals surface area contributed by atoms with E-state index < -0.39 is 5.97 Å². The molecule has 2 heterocycles. The van der Waals surface area contributed by atoms with E-state index in [-0.39, 0.29) is 16.5 Å². The van der Waals surface area contributed by atoms with Crippen LogP contribution in [0.25, 0.3) is 11.3 Å². The predicted octanol–water partition coefficient (Wildman–Crippen LogP) is 2.05. The fourth-order valence-corrected chi connectivity index (χ4v) is 2.09. The molecule has 0 aliphatic carbocycles. The zero-order valence-corrected chi connectivity index (χ0v) is 12.8. The van der Waals surface area contributed by atoms with Crippen molar-refractivity contribution in [1.82, 2.24) is 14.9 Å². The molecule has 9 nitrogen and oxygen atoms in total. The number of furan rings is 1. The van der Waals surface area contributed by atoms with Crippen molar-refractivity contribution < 1.29 is 14.3 Å². The maximum absolute atomic E-state index is 11.1. The van der Waals surface area contributed by atoms with E-state index >= 15 is 0 Å². The number of aromatic nitrogens is 3. The second-order valence-electron chi connectivity index (χ2n) is 4.63. The van der Waals surface area contributed by atoms with Crippen molar-refractivity contribution in [2.45, 2.75) is 0 Å². The van der Waals surface area contributed by atoms with Crippen LogP contribution in [-0.4, -0.2) is 32.2 Å². The Hall–Kier alpha value is -3.33. The van der Waals surface area contributed by atoms with Gasteiger partial charge in [0.15, 0.2) is 0 Å². The molecule has 10 heteroatoms. The van der Waals surface area contributed by atoms with Gasteiger partial charge in [-0.25, -0.2) is 14.9 Å². The second-order valence-corrected chi connectivity index (χ2v) is 5.04. The normalized spacial score (nSPS) is 11.0. The van der Waals surface area contributed by atoms with E-state index in [0.29, 0.717) is 17.1 Å². The molecule has 3 aromatic rings. The first kappa shape index (κ1) is 15.6. The van der Waals surface area contributed by atoms with Crippen LogP contribution < -0.4 is 11.3 Å². The van der Waals surface area contributed by atoms with Gasteiger partial charge in [0, 0.05) is 5.56 Å². The highest BCUT2D eigenvalue weighted by Gasteiger charge is 2.12. The zero-order valence-electron chi connectivity index (χ0n) is 12.0. The molecule has 122 valence electrons. The van der Waals surface area contributed by atoms with Crippen LogP contribution in [-0.2, 0) is 0 Å². The largest absolute Gasteiger partial charge is 0.478 e. The van der Waals surface area contributed by atoms with Gasteiger partial charge in [0.2, 0.25) is 0 Å². The van der Waals surface area contributed by atoms with Gasteiger partial charge >= 0.3 is 5.97 Å². The average Bonchev–Trinajstić information content (AvgIpc) is 3.17. The summed E-state index contributed by atoms with van der Waals surface area (Å²) < 4.78 is 6.77. The van der Waals surface area contributed by atoms with Crippen LogP contribution in [0.5, 0.6) is 0 Å². The van der Waals surface area contributed by atoms with Crippen LogP contribution in [0.15, 0.2) is 46.2 Å². The van der Waals surface area contributed by atoms with Gasteiger partial charge in [-0.15, -0.1) is 10.2 Å². The van der Waals surface area contributed by atoms with Crippen molar-refractivity contribution in [2.24, 2.45) is 5.10 Å². The molecule has 1 aromatic carbocycles. The summed E-state index contributed by atoms with van der Waals surface area (Å²) in [6, 6.07) is 8.00. The van der Waals surface area contributed by atoms with Gasteiger partial charge in [-0.1, -0.05) is 11.6 Å². The molecule has 0 saturated carbocycles. The third-order valence-corrected chi connectivity index (χ3v) is 3.37. The van der Waals surface area contributed by atoms with Crippen molar-refractivity contribution in [1.29, 1.82) is 0 Å². The lowest BCUT2D eigenvalue weighted by molar-refractivity contribution is 0.0697. The SMILES string of the molecule is Nn1cnnc1N/N=C\c1ccc(-c2ccc(Cl)c(C(=O)O)c2)o1. The van der Waals surface area contributed by atoms with Crippen LogP contribution in [0.2, 0.25) is 5.02 Å². The molecule has 0 aliphatic heterocycles. The molecule has 0 saturated heterocycles. The van der Waals surface area contributed by atoms with E-state index in [1.165, 1.54) is 29.4 Å². The van der Waals surface area contributed by atoms with Crippen LogP contribution in [0, 0.1) is 0 Å². The van der Waals surface area contributed by atoms with E-state index in [9.17, 15) is 4.79 Å². The number of carboxylic acids is 1. The first-order valence-corrected chi connectivity index (χ1v) is 6.99. The van der Waals surface area contributed by atoms with Gasteiger partial charge in [0.1, 0.15) is 17.8 Å². The lowest BCUT2D eigenvalue weighted by atomic mass is 10.1. The molecule has 0 unspecified atom stereocenters. The van der Waals surface area contributed by atoms with Crippen molar-refractivity contribution >= 4 is 29.7 Å². The van der Waals surface area contributed by atoms with Gasteiger partial charge in [-0.3, -0.25) is 0 Å². The molecule has 0 bridgehead atoms. The topological polar surface area (TPSA) is 132 Å². The standard InChI is InChI=1S/C14H11ClN6O3/c15-11-3-1-8(5-10(11)13(22)23)12-4-2-9(24-12)6-17-19-14-20-18-7-21(14)16/h1-7H,16H2,(H,19,20)(H,22,23)/b17-6-. The number of nitrogen functional groups attached to an aromatic ring is 1. The van der Waals surface area contributed by atoms with Gasteiger partial charge < -0.3 is 15.4 Å². The molecule has 0 fully saturated rings. The monoisotopic (exact) mass is 346 g/mol. The Morgan fingerprint density at radius 3 is 2.96 bits per heavy atom. The van der Waals surface area contributed by atoms with Crippen LogP contribution in [0.4, 0.5) is 5.95 Å². The Balaban J connectivity index is 1.77. The Morgan fingerprint density at radius 1 is 1.42 bits per heavy atom. The van der Waals surface area contributed by atoms with E-state index in [1.807, 2.05) is 0 Å².